The minimum Gasteiger partial charge on any atom is -0.381 e. The lowest BCUT2D eigenvalue weighted by molar-refractivity contribution is 0.0777. The molecule has 1 aliphatic rings. The number of carbonyl (C=O) groups excluding carboxylic acids is 1. The maximum absolute atomic E-state index is 12.6. The molecule has 1 fully saturated rings. The number of amides is 2. The van der Waals surface area contributed by atoms with Gasteiger partial charge < -0.3 is 15.0 Å². The molecule has 0 spiro atoms. The molecule has 0 saturated carbocycles. The van der Waals surface area contributed by atoms with E-state index in [1.165, 1.54) is 0 Å². The van der Waals surface area contributed by atoms with Crippen LogP contribution in [0, 0.1) is 5.92 Å². The number of ether oxygens (including phenoxy) is 1. The van der Waals surface area contributed by atoms with Crippen LogP contribution in [-0.2, 0) is 4.74 Å². The van der Waals surface area contributed by atoms with Gasteiger partial charge in [-0.3, -0.25) is 0 Å². The van der Waals surface area contributed by atoms with Crippen molar-refractivity contribution in [1.82, 2.24) is 4.90 Å². The third-order valence-corrected chi connectivity index (χ3v) is 4.50. The molecule has 1 aromatic carbocycles. The normalized spacial score (nSPS) is 18.3. The van der Waals surface area contributed by atoms with Crippen LogP contribution in [0.5, 0.6) is 0 Å². The van der Waals surface area contributed by atoms with Gasteiger partial charge in [0, 0.05) is 30.5 Å². The summed E-state index contributed by atoms with van der Waals surface area (Å²) < 4.78 is 30.6. The van der Waals surface area contributed by atoms with Crippen molar-refractivity contribution < 1.29 is 18.3 Å². The van der Waals surface area contributed by atoms with E-state index in [2.05, 4.69) is 5.32 Å². The summed E-state index contributed by atoms with van der Waals surface area (Å²) in [4.78, 5) is 14.5. The van der Waals surface area contributed by atoms with Crippen molar-refractivity contribution in [2.45, 2.75) is 30.4 Å². The molecule has 7 heteroatoms. The number of benzene rings is 1. The molecule has 1 aliphatic heterocycles. The largest absolute Gasteiger partial charge is 0.381 e. The van der Waals surface area contributed by atoms with Crippen molar-refractivity contribution in [1.29, 1.82) is 0 Å². The number of carbonyl (C=O) groups is 1. The van der Waals surface area contributed by atoms with Crippen LogP contribution in [-0.4, -0.2) is 43.0 Å². The average Bonchev–Trinajstić information content (AvgIpc) is 2.54. The third kappa shape index (κ3) is 5.66. The van der Waals surface area contributed by atoms with Gasteiger partial charge in [0.2, 0.25) is 0 Å². The van der Waals surface area contributed by atoms with Crippen molar-refractivity contribution in [3.8, 4) is 0 Å². The van der Waals surface area contributed by atoms with Crippen molar-refractivity contribution in [2.75, 3.05) is 31.6 Å². The third-order valence-electron chi connectivity index (χ3n) is 3.71. The van der Waals surface area contributed by atoms with Gasteiger partial charge in [-0.15, -0.1) is 0 Å². The van der Waals surface area contributed by atoms with Crippen LogP contribution in [0.15, 0.2) is 29.2 Å². The molecule has 2 rings (SSSR count). The van der Waals surface area contributed by atoms with Crippen LogP contribution in [0.4, 0.5) is 19.3 Å². The van der Waals surface area contributed by atoms with Crippen LogP contribution in [0.2, 0.25) is 0 Å². The summed E-state index contributed by atoms with van der Waals surface area (Å²) in [6.45, 7) is 4.58. The Balaban J connectivity index is 1.96. The van der Waals surface area contributed by atoms with Gasteiger partial charge in [0.1, 0.15) is 0 Å². The molecular weight excluding hydrogens is 322 g/mol. The number of piperidine rings is 1. The molecule has 0 aliphatic carbocycles. The Morgan fingerprint density at radius 3 is 3.00 bits per heavy atom. The van der Waals surface area contributed by atoms with E-state index in [4.69, 9.17) is 4.74 Å². The Morgan fingerprint density at radius 1 is 1.48 bits per heavy atom. The van der Waals surface area contributed by atoms with Crippen LogP contribution in [0.3, 0.4) is 0 Å². The zero-order chi connectivity index (χ0) is 16.7. The molecule has 2 amide bonds. The number of likely N-dealkylation sites (tertiary alicyclic amines) is 1. The fourth-order valence-electron chi connectivity index (χ4n) is 2.63. The number of urea groups is 1. The Hall–Kier alpha value is -1.34. The van der Waals surface area contributed by atoms with Crippen molar-refractivity contribution in [2.24, 2.45) is 5.92 Å². The SMILES string of the molecule is CCOC[C@H]1CCCN(C(=O)Nc2ccccc2SC(F)F)C1. The number of hydrogen-bond acceptors (Lipinski definition) is 3. The summed E-state index contributed by atoms with van der Waals surface area (Å²) in [5, 5.41) is 2.75. The maximum Gasteiger partial charge on any atom is 0.321 e. The summed E-state index contributed by atoms with van der Waals surface area (Å²) in [7, 11) is 0. The lowest BCUT2D eigenvalue weighted by Gasteiger charge is -2.32. The van der Waals surface area contributed by atoms with Gasteiger partial charge in [-0.1, -0.05) is 23.9 Å². The number of nitrogens with zero attached hydrogens (tertiary/aromatic N) is 1. The Morgan fingerprint density at radius 2 is 2.26 bits per heavy atom. The first kappa shape index (κ1) is 18.0. The molecule has 0 bridgehead atoms. The van der Waals surface area contributed by atoms with Crippen molar-refractivity contribution in [3.05, 3.63) is 24.3 Å². The Bertz CT molecular complexity index is 517. The first-order valence-corrected chi connectivity index (χ1v) is 8.65. The van der Waals surface area contributed by atoms with Gasteiger partial charge in [-0.2, -0.15) is 8.78 Å². The quantitative estimate of drug-likeness (QED) is 0.783. The second-order valence-electron chi connectivity index (χ2n) is 5.42. The topological polar surface area (TPSA) is 41.6 Å². The highest BCUT2D eigenvalue weighted by Gasteiger charge is 2.24. The van der Waals surface area contributed by atoms with Gasteiger partial charge in [0.15, 0.2) is 0 Å². The number of halogens is 2. The van der Waals surface area contributed by atoms with Gasteiger partial charge in [0.25, 0.3) is 5.76 Å². The molecule has 0 radical (unpaired) electrons. The average molecular weight is 344 g/mol. The van der Waals surface area contributed by atoms with E-state index in [-0.39, 0.29) is 6.03 Å². The van der Waals surface area contributed by atoms with E-state index in [0.717, 1.165) is 12.8 Å². The first-order chi connectivity index (χ1) is 11.1. The number of alkyl halides is 2. The maximum atomic E-state index is 12.6. The molecule has 0 unspecified atom stereocenters. The highest BCUT2D eigenvalue weighted by molar-refractivity contribution is 7.99. The highest BCUT2D eigenvalue weighted by Crippen LogP contribution is 2.32. The summed E-state index contributed by atoms with van der Waals surface area (Å²) in [5.74, 6) is -2.18. The minimum atomic E-state index is -2.52. The monoisotopic (exact) mass is 344 g/mol. The fraction of sp³-hybridized carbons (Fsp3) is 0.562. The molecule has 128 valence electrons. The molecule has 1 saturated heterocycles. The summed E-state index contributed by atoms with van der Waals surface area (Å²) in [6, 6.07) is 6.39. The van der Waals surface area contributed by atoms with Gasteiger partial charge in [0.05, 0.1) is 12.3 Å². The number of hydrogen-bond donors (Lipinski definition) is 1. The van der Waals surface area contributed by atoms with E-state index in [0.29, 0.717) is 54.6 Å². The van der Waals surface area contributed by atoms with E-state index >= 15 is 0 Å². The standard InChI is InChI=1S/C16H22F2N2O2S/c1-2-22-11-12-6-5-9-20(10-12)16(21)19-13-7-3-4-8-14(13)23-15(17)18/h3-4,7-8,12,15H,2,5-6,9-11H2,1H3,(H,19,21)/t12-/m0/s1. The fourth-order valence-corrected chi connectivity index (χ4v) is 3.23. The molecule has 4 nitrogen and oxygen atoms in total. The van der Waals surface area contributed by atoms with Gasteiger partial charge in [-0.25, -0.2) is 4.79 Å². The zero-order valence-corrected chi connectivity index (χ0v) is 14.0. The minimum absolute atomic E-state index is 0.242. The number of rotatable bonds is 6. The Labute approximate surface area is 139 Å². The smallest absolute Gasteiger partial charge is 0.321 e. The first-order valence-electron chi connectivity index (χ1n) is 7.77. The predicted molar refractivity (Wildman–Crippen MR) is 88.1 cm³/mol. The van der Waals surface area contributed by atoms with E-state index < -0.39 is 5.76 Å². The molecule has 23 heavy (non-hydrogen) atoms. The molecule has 1 aromatic rings. The lowest BCUT2D eigenvalue weighted by Crippen LogP contribution is -2.43. The van der Waals surface area contributed by atoms with E-state index in [1.54, 1.807) is 29.2 Å². The van der Waals surface area contributed by atoms with Gasteiger partial charge in [-0.05, 0) is 31.9 Å². The molecule has 0 aromatic heterocycles. The number of thioether (sulfide) groups is 1. The van der Waals surface area contributed by atoms with Crippen LogP contribution in [0.25, 0.3) is 0 Å². The summed E-state index contributed by atoms with van der Waals surface area (Å²) in [5.41, 5.74) is 0.426. The van der Waals surface area contributed by atoms with Crippen molar-refractivity contribution in [3.63, 3.8) is 0 Å². The second-order valence-corrected chi connectivity index (χ2v) is 6.45. The number of anilines is 1. The van der Waals surface area contributed by atoms with Crippen molar-refractivity contribution >= 4 is 23.5 Å². The lowest BCUT2D eigenvalue weighted by atomic mass is 9.99. The number of nitrogens with one attached hydrogen (secondary N) is 1. The van der Waals surface area contributed by atoms with Crippen LogP contribution >= 0.6 is 11.8 Å². The molecule has 1 heterocycles. The van der Waals surface area contributed by atoms with E-state index in [1.807, 2.05) is 6.92 Å². The number of para-hydroxylation sites is 1. The molecule has 1 N–H and O–H groups in total. The highest BCUT2D eigenvalue weighted by atomic mass is 32.2. The Kier molecular flexibility index (Phi) is 7.11. The molecule has 1 atom stereocenters. The predicted octanol–water partition coefficient (Wildman–Crippen LogP) is 4.28. The van der Waals surface area contributed by atoms with Crippen LogP contribution < -0.4 is 5.32 Å². The second kappa shape index (κ2) is 9.08. The molecular formula is C16H22F2N2O2S. The van der Waals surface area contributed by atoms with Gasteiger partial charge >= 0.3 is 6.03 Å². The van der Waals surface area contributed by atoms with Crippen LogP contribution in [0.1, 0.15) is 19.8 Å². The van der Waals surface area contributed by atoms with E-state index in [9.17, 15) is 13.6 Å². The summed E-state index contributed by atoms with van der Waals surface area (Å²) in [6.07, 6.45) is 1.97. The summed E-state index contributed by atoms with van der Waals surface area (Å²) >= 11 is 0.439. The zero-order valence-electron chi connectivity index (χ0n) is 13.1.